The van der Waals surface area contributed by atoms with Crippen molar-refractivity contribution in [2.75, 3.05) is 26.2 Å². The second-order valence-electron chi connectivity index (χ2n) is 8.25. The summed E-state index contributed by atoms with van der Waals surface area (Å²) in [5.41, 5.74) is 0.113. The summed E-state index contributed by atoms with van der Waals surface area (Å²) in [6.45, 7) is 9.17. The van der Waals surface area contributed by atoms with Gasteiger partial charge in [0.2, 0.25) is 0 Å². The van der Waals surface area contributed by atoms with Gasteiger partial charge in [-0.2, -0.15) is 0 Å². The van der Waals surface area contributed by atoms with Crippen LogP contribution in [0.3, 0.4) is 0 Å². The topological polar surface area (TPSA) is 64.1 Å². The molecule has 0 bridgehead atoms. The maximum Gasteiger partial charge on any atom is 0.327 e. The van der Waals surface area contributed by atoms with Crippen molar-refractivity contribution < 1.29 is 14.7 Å². The second kappa shape index (κ2) is 8.29. The molecule has 1 aromatic carbocycles. The van der Waals surface area contributed by atoms with E-state index in [9.17, 15) is 14.7 Å². The Hall–Kier alpha value is -1.79. The van der Waals surface area contributed by atoms with Crippen LogP contribution in [-0.2, 0) is 11.3 Å². The molecule has 1 spiro atoms. The molecule has 1 aromatic rings. The molecule has 0 radical (unpaired) electrons. The molecule has 3 rings (SSSR count). The number of halogens is 1. The van der Waals surface area contributed by atoms with Gasteiger partial charge < -0.3 is 10.0 Å². The van der Waals surface area contributed by atoms with Crippen LogP contribution in [0.25, 0.3) is 0 Å². The van der Waals surface area contributed by atoms with Crippen molar-refractivity contribution in [3.05, 3.63) is 28.8 Å². The fourth-order valence-corrected chi connectivity index (χ4v) is 4.40. The number of hydrogen-bond donors (Lipinski definition) is 1. The molecular formula is C21H30ClN3O3. The molecule has 7 heteroatoms. The number of nitrogens with zero attached hydrogens (tertiary/aromatic N) is 3. The van der Waals surface area contributed by atoms with E-state index in [1.165, 1.54) is 4.90 Å². The summed E-state index contributed by atoms with van der Waals surface area (Å²) in [5, 5.41) is 10.6. The third kappa shape index (κ3) is 3.85. The molecule has 154 valence electrons. The molecule has 0 aliphatic carbocycles. The van der Waals surface area contributed by atoms with Gasteiger partial charge in [-0.3, -0.25) is 14.6 Å². The fourth-order valence-electron chi connectivity index (χ4n) is 4.23. The number of likely N-dealkylation sites (N-methyl/N-ethyl adjacent to an activating group) is 1. The van der Waals surface area contributed by atoms with E-state index in [4.69, 9.17) is 11.6 Å². The number of urea groups is 1. The van der Waals surface area contributed by atoms with Crippen molar-refractivity contribution in [3.8, 4) is 5.75 Å². The first-order valence-electron chi connectivity index (χ1n) is 10.1. The van der Waals surface area contributed by atoms with Crippen LogP contribution in [0.5, 0.6) is 5.75 Å². The van der Waals surface area contributed by atoms with Crippen LogP contribution >= 0.6 is 11.6 Å². The van der Waals surface area contributed by atoms with Crippen LogP contribution in [0.1, 0.15) is 45.6 Å². The van der Waals surface area contributed by atoms with Gasteiger partial charge in [-0.15, -0.1) is 0 Å². The highest BCUT2D eigenvalue weighted by molar-refractivity contribution is 6.30. The zero-order chi connectivity index (χ0) is 20.5. The Kier molecular flexibility index (Phi) is 6.20. The van der Waals surface area contributed by atoms with E-state index in [1.807, 2.05) is 17.9 Å². The van der Waals surface area contributed by atoms with Crippen molar-refractivity contribution in [3.63, 3.8) is 0 Å². The number of aromatic hydroxyl groups is 1. The lowest BCUT2D eigenvalue weighted by molar-refractivity contribution is -0.135. The van der Waals surface area contributed by atoms with Gasteiger partial charge in [0.15, 0.2) is 0 Å². The highest BCUT2D eigenvalue weighted by Crippen LogP contribution is 2.38. The van der Waals surface area contributed by atoms with Crippen molar-refractivity contribution in [1.82, 2.24) is 14.7 Å². The number of piperidine rings is 1. The van der Waals surface area contributed by atoms with Crippen molar-refractivity contribution >= 4 is 23.5 Å². The Labute approximate surface area is 172 Å². The largest absolute Gasteiger partial charge is 0.508 e. The lowest BCUT2D eigenvalue weighted by Gasteiger charge is -2.42. The lowest BCUT2D eigenvalue weighted by atomic mass is 9.85. The van der Waals surface area contributed by atoms with Crippen LogP contribution < -0.4 is 0 Å². The zero-order valence-corrected chi connectivity index (χ0v) is 17.7. The summed E-state index contributed by atoms with van der Waals surface area (Å²) < 4.78 is 0. The normalized spacial score (nSPS) is 20.0. The van der Waals surface area contributed by atoms with E-state index < -0.39 is 5.54 Å². The molecular weight excluding hydrogens is 378 g/mol. The van der Waals surface area contributed by atoms with E-state index in [0.717, 1.165) is 12.0 Å². The Morgan fingerprint density at radius 1 is 1.21 bits per heavy atom. The molecule has 0 unspecified atom stereocenters. The number of benzene rings is 1. The van der Waals surface area contributed by atoms with Crippen molar-refractivity contribution in [1.29, 1.82) is 0 Å². The predicted molar refractivity (Wildman–Crippen MR) is 109 cm³/mol. The minimum absolute atomic E-state index is 0.0438. The van der Waals surface area contributed by atoms with Gasteiger partial charge in [0.05, 0.1) is 0 Å². The number of amides is 3. The quantitative estimate of drug-likeness (QED) is 0.730. The van der Waals surface area contributed by atoms with Crippen molar-refractivity contribution in [2.45, 2.75) is 52.1 Å². The molecule has 3 amide bonds. The molecule has 6 nitrogen and oxygen atoms in total. The number of carbonyl (C=O) groups excluding carboxylic acids is 2. The maximum absolute atomic E-state index is 13.1. The molecule has 2 aliphatic rings. The first-order valence-corrected chi connectivity index (χ1v) is 10.5. The molecule has 0 saturated carbocycles. The molecule has 0 aromatic heterocycles. The van der Waals surface area contributed by atoms with E-state index in [1.54, 1.807) is 12.1 Å². The minimum atomic E-state index is -0.708. The Morgan fingerprint density at radius 3 is 2.46 bits per heavy atom. The van der Waals surface area contributed by atoms with Gasteiger partial charge in [0.1, 0.15) is 11.3 Å². The molecule has 2 heterocycles. The Morgan fingerprint density at radius 2 is 1.89 bits per heavy atom. The lowest BCUT2D eigenvalue weighted by Crippen LogP contribution is -2.56. The summed E-state index contributed by atoms with van der Waals surface area (Å²) in [6.07, 6.45) is 2.14. The van der Waals surface area contributed by atoms with E-state index in [-0.39, 0.29) is 17.7 Å². The third-order valence-corrected chi connectivity index (χ3v) is 6.23. The van der Waals surface area contributed by atoms with Gasteiger partial charge in [0.25, 0.3) is 5.91 Å². The number of likely N-dealkylation sites (tertiary alicyclic amines) is 1. The number of phenols is 1. The predicted octanol–water partition coefficient (Wildman–Crippen LogP) is 3.71. The number of carbonyl (C=O) groups is 2. The summed E-state index contributed by atoms with van der Waals surface area (Å²) in [4.78, 5) is 31.4. The van der Waals surface area contributed by atoms with Crippen LogP contribution in [-0.4, -0.2) is 63.5 Å². The van der Waals surface area contributed by atoms with Crippen molar-refractivity contribution in [2.24, 2.45) is 5.92 Å². The first-order chi connectivity index (χ1) is 13.3. The zero-order valence-electron chi connectivity index (χ0n) is 16.9. The van der Waals surface area contributed by atoms with Crippen LogP contribution in [0, 0.1) is 5.92 Å². The second-order valence-corrected chi connectivity index (χ2v) is 8.68. The van der Waals surface area contributed by atoms with Gasteiger partial charge in [-0.25, -0.2) is 4.79 Å². The summed E-state index contributed by atoms with van der Waals surface area (Å²) in [6, 6.07) is 5.01. The molecule has 2 aliphatic heterocycles. The summed E-state index contributed by atoms with van der Waals surface area (Å²) >= 11 is 5.91. The van der Waals surface area contributed by atoms with E-state index >= 15 is 0 Å². The SMILES string of the molecule is CCN1C(=O)N(CCC(C)C)C2(CCN(Cc3ccc(Cl)cc3O)CC2)C1=O. The van der Waals surface area contributed by atoms with E-state index in [2.05, 4.69) is 18.7 Å². The Bertz CT molecular complexity index is 744. The highest BCUT2D eigenvalue weighted by Gasteiger charge is 2.57. The average molecular weight is 408 g/mol. The summed E-state index contributed by atoms with van der Waals surface area (Å²) in [5.74, 6) is 0.622. The summed E-state index contributed by atoms with van der Waals surface area (Å²) in [7, 11) is 0. The van der Waals surface area contributed by atoms with Crippen LogP contribution in [0.2, 0.25) is 5.02 Å². The van der Waals surface area contributed by atoms with Crippen LogP contribution in [0.4, 0.5) is 4.79 Å². The number of rotatable bonds is 6. The first kappa shape index (κ1) is 20.9. The van der Waals surface area contributed by atoms with Gasteiger partial charge >= 0.3 is 6.03 Å². The maximum atomic E-state index is 13.1. The highest BCUT2D eigenvalue weighted by atomic mass is 35.5. The average Bonchev–Trinajstić information content (AvgIpc) is 2.84. The third-order valence-electron chi connectivity index (χ3n) is 5.99. The standard InChI is InChI=1S/C21H30ClN3O3/c1-4-24-19(27)21(25(20(24)28)10-7-15(2)3)8-11-23(12-9-21)14-16-5-6-17(22)13-18(16)26/h5-6,13,15,26H,4,7-12,14H2,1-3H3. The molecule has 0 atom stereocenters. The molecule has 2 saturated heterocycles. The number of hydrogen-bond acceptors (Lipinski definition) is 4. The molecule has 1 N–H and O–H groups in total. The van der Waals surface area contributed by atoms with Gasteiger partial charge in [-0.05, 0) is 44.2 Å². The fraction of sp³-hybridized carbons (Fsp3) is 0.619. The minimum Gasteiger partial charge on any atom is -0.508 e. The van der Waals surface area contributed by atoms with E-state index in [0.29, 0.717) is 56.5 Å². The van der Waals surface area contributed by atoms with Gasteiger partial charge in [0, 0.05) is 43.3 Å². The molecule has 28 heavy (non-hydrogen) atoms. The smallest absolute Gasteiger partial charge is 0.327 e. The monoisotopic (exact) mass is 407 g/mol. The Balaban J connectivity index is 1.73. The van der Waals surface area contributed by atoms with Gasteiger partial charge in [-0.1, -0.05) is 31.5 Å². The number of imide groups is 1. The molecule has 2 fully saturated rings. The number of phenolic OH excluding ortho intramolecular Hbond substituents is 1. The van der Waals surface area contributed by atoms with Crippen LogP contribution in [0.15, 0.2) is 18.2 Å².